The first-order chi connectivity index (χ1) is 7.65. The number of phenols is 2. The molecule has 1 fully saturated rings. The summed E-state index contributed by atoms with van der Waals surface area (Å²) in [6, 6.07) is 4.97. The summed E-state index contributed by atoms with van der Waals surface area (Å²) < 4.78 is 0. The SMILES string of the molecule is NC1CCCN(Cc2ccc(O)cc2O)C1. The molecule has 4 heteroatoms. The maximum absolute atomic E-state index is 9.67. The van der Waals surface area contributed by atoms with Crippen molar-refractivity contribution in [2.45, 2.75) is 25.4 Å². The zero-order valence-electron chi connectivity index (χ0n) is 9.26. The molecule has 1 aliphatic heterocycles. The smallest absolute Gasteiger partial charge is 0.123 e. The van der Waals surface area contributed by atoms with Crippen molar-refractivity contribution in [1.82, 2.24) is 4.90 Å². The molecule has 2 rings (SSSR count). The minimum Gasteiger partial charge on any atom is -0.508 e. The lowest BCUT2D eigenvalue weighted by Crippen LogP contribution is -2.42. The number of nitrogens with zero attached hydrogens (tertiary/aromatic N) is 1. The molecular weight excluding hydrogens is 204 g/mol. The van der Waals surface area contributed by atoms with Gasteiger partial charge in [0.1, 0.15) is 11.5 Å². The van der Waals surface area contributed by atoms with Gasteiger partial charge >= 0.3 is 0 Å². The standard InChI is InChI=1S/C12H18N2O2/c13-10-2-1-5-14(8-10)7-9-3-4-11(15)6-12(9)16/h3-4,6,10,15-16H,1-2,5,7-8,13H2. The van der Waals surface area contributed by atoms with Gasteiger partial charge in [-0.25, -0.2) is 0 Å². The lowest BCUT2D eigenvalue weighted by molar-refractivity contribution is 0.199. The number of phenolic OH excluding ortho intramolecular Hbond substituents is 2. The van der Waals surface area contributed by atoms with Crippen molar-refractivity contribution in [3.05, 3.63) is 23.8 Å². The molecule has 16 heavy (non-hydrogen) atoms. The van der Waals surface area contributed by atoms with E-state index in [0.29, 0.717) is 6.54 Å². The number of aromatic hydroxyl groups is 2. The molecule has 4 N–H and O–H groups in total. The quantitative estimate of drug-likeness (QED) is 0.698. The first-order valence-electron chi connectivity index (χ1n) is 5.64. The van der Waals surface area contributed by atoms with Gasteiger partial charge in [-0.15, -0.1) is 0 Å². The second-order valence-corrected chi connectivity index (χ2v) is 4.45. The predicted octanol–water partition coefficient (Wildman–Crippen LogP) is 1.02. The van der Waals surface area contributed by atoms with Crippen LogP contribution in [0.15, 0.2) is 18.2 Å². The maximum Gasteiger partial charge on any atom is 0.123 e. The van der Waals surface area contributed by atoms with Crippen LogP contribution in [0.3, 0.4) is 0 Å². The number of likely N-dealkylation sites (tertiary alicyclic amines) is 1. The third-order valence-corrected chi connectivity index (χ3v) is 3.00. The highest BCUT2D eigenvalue weighted by Gasteiger charge is 2.17. The van der Waals surface area contributed by atoms with E-state index < -0.39 is 0 Å². The van der Waals surface area contributed by atoms with Crippen LogP contribution in [0.5, 0.6) is 11.5 Å². The van der Waals surface area contributed by atoms with Gasteiger partial charge in [0, 0.05) is 30.8 Å². The fourth-order valence-electron chi connectivity index (χ4n) is 2.16. The van der Waals surface area contributed by atoms with Crippen molar-refractivity contribution in [3.63, 3.8) is 0 Å². The fourth-order valence-corrected chi connectivity index (χ4v) is 2.16. The molecule has 1 aromatic carbocycles. The molecule has 1 unspecified atom stereocenters. The summed E-state index contributed by atoms with van der Waals surface area (Å²) in [5, 5.41) is 18.9. The average Bonchev–Trinajstić information content (AvgIpc) is 2.22. The number of benzene rings is 1. The van der Waals surface area contributed by atoms with Crippen molar-refractivity contribution in [2.24, 2.45) is 5.73 Å². The molecule has 1 saturated heterocycles. The highest BCUT2D eigenvalue weighted by atomic mass is 16.3. The molecule has 0 radical (unpaired) electrons. The third kappa shape index (κ3) is 2.65. The lowest BCUT2D eigenvalue weighted by atomic mass is 10.1. The predicted molar refractivity (Wildman–Crippen MR) is 62.3 cm³/mol. The van der Waals surface area contributed by atoms with Crippen LogP contribution >= 0.6 is 0 Å². The minimum absolute atomic E-state index is 0.0941. The molecule has 4 nitrogen and oxygen atoms in total. The first-order valence-corrected chi connectivity index (χ1v) is 5.64. The average molecular weight is 222 g/mol. The molecule has 1 atom stereocenters. The Balaban J connectivity index is 2.02. The first kappa shape index (κ1) is 11.2. The molecule has 0 saturated carbocycles. The van der Waals surface area contributed by atoms with Crippen LogP contribution in [0, 0.1) is 0 Å². The summed E-state index contributed by atoms with van der Waals surface area (Å²) in [6.07, 6.45) is 2.19. The van der Waals surface area contributed by atoms with Gasteiger partial charge in [0.15, 0.2) is 0 Å². The van der Waals surface area contributed by atoms with E-state index >= 15 is 0 Å². The summed E-state index contributed by atoms with van der Waals surface area (Å²) >= 11 is 0. The highest BCUT2D eigenvalue weighted by Crippen LogP contribution is 2.24. The molecule has 0 amide bonds. The van der Waals surface area contributed by atoms with Gasteiger partial charge in [0.25, 0.3) is 0 Å². The van der Waals surface area contributed by atoms with E-state index in [-0.39, 0.29) is 17.5 Å². The van der Waals surface area contributed by atoms with Crippen LogP contribution in [0.1, 0.15) is 18.4 Å². The van der Waals surface area contributed by atoms with Gasteiger partial charge in [0.05, 0.1) is 0 Å². The molecule has 88 valence electrons. The number of hydrogen-bond acceptors (Lipinski definition) is 4. The van der Waals surface area contributed by atoms with Gasteiger partial charge in [-0.3, -0.25) is 4.90 Å². The van der Waals surface area contributed by atoms with Gasteiger partial charge in [-0.05, 0) is 25.5 Å². The van der Waals surface area contributed by atoms with Crippen LogP contribution in [-0.2, 0) is 6.54 Å². The normalized spacial score (nSPS) is 22.2. The monoisotopic (exact) mass is 222 g/mol. The summed E-state index contributed by atoms with van der Waals surface area (Å²) in [5.41, 5.74) is 6.74. The second kappa shape index (κ2) is 4.72. The topological polar surface area (TPSA) is 69.7 Å². The Morgan fingerprint density at radius 3 is 2.88 bits per heavy atom. The van der Waals surface area contributed by atoms with Crippen molar-refractivity contribution >= 4 is 0 Å². The number of hydrogen-bond donors (Lipinski definition) is 3. The Kier molecular flexibility index (Phi) is 3.31. The van der Waals surface area contributed by atoms with E-state index in [4.69, 9.17) is 5.73 Å². The lowest BCUT2D eigenvalue weighted by Gasteiger charge is -2.30. The van der Waals surface area contributed by atoms with Gasteiger partial charge < -0.3 is 15.9 Å². The second-order valence-electron chi connectivity index (χ2n) is 4.45. The summed E-state index contributed by atoms with van der Waals surface area (Å²) in [4.78, 5) is 2.24. The van der Waals surface area contributed by atoms with Crippen molar-refractivity contribution in [1.29, 1.82) is 0 Å². The molecular formula is C12H18N2O2. The highest BCUT2D eigenvalue weighted by molar-refractivity contribution is 5.38. The third-order valence-electron chi connectivity index (χ3n) is 3.00. The molecule has 0 aromatic heterocycles. The van der Waals surface area contributed by atoms with Crippen LogP contribution in [-0.4, -0.2) is 34.2 Å². The Morgan fingerprint density at radius 1 is 1.38 bits per heavy atom. The summed E-state index contributed by atoms with van der Waals surface area (Å²) in [5.74, 6) is 0.246. The van der Waals surface area contributed by atoms with E-state index in [0.717, 1.165) is 31.5 Å². The number of rotatable bonds is 2. The van der Waals surface area contributed by atoms with Crippen molar-refractivity contribution in [2.75, 3.05) is 13.1 Å². The minimum atomic E-state index is 0.0941. The zero-order valence-corrected chi connectivity index (χ0v) is 9.26. The largest absolute Gasteiger partial charge is 0.508 e. The molecule has 1 heterocycles. The van der Waals surface area contributed by atoms with Gasteiger partial charge in [-0.1, -0.05) is 6.07 Å². The van der Waals surface area contributed by atoms with E-state index in [1.807, 2.05) is 0 Å². The Labute approximate surface area is 95.3 Å². The van der Waals surface area contributed by atoms with E-state index in [2.05, 4.69) is 4.90 Å². The van der Waals surface area contributed by atoms with Gasteiger partial charge in [-0.2, -0.15) is 0 Å². The molecule has 0 bridgehead atoms. The summed E-state index contributed by atoms with van der Waals surface area (Å²) in [6.45, 7) is 2.59. The Hall–Kier alpha value is -1.26. The van der Waals surface area contributed by atoms with Crippen molar-refractivity contribution in [3.8, 4) is 11.5 Å². The van der Waals surface area contributed by atoms with Crippen LogP contribution in [0.2, 0.25) is 0 Å². The van der Waals surface area contributed by atoms with Crippen molar-refractivity contribution < 1.29 is 10.2 Å². The molecule has 0 aliphatic carbocycles. The van der Waals surface area contributed by atoms with Crippen LogP contribution in [0.25, 0.3) is 0 Å². The Morgan fingerprint density at radius 2 is 2.19 bits per heavy atom. The molecule has 1 aromatic rings. The Bertz CT molecular complexity index is 368. The number of piperidine rings is 1. The molecule has 0 spiro atoms. The van der Waals surface area contributed by atoms with E-state index in [1.165, 1.54) is 6.07 Å². The molecule has 1 aliphatic rings. The number of nitrogens with two attached hydrogens (primary N) is 1. The maximum atomic E-state index is 9.67. The summed E-state index contributed by atoms with van der Waals surface area (Å²) in [7, 11) is 0. The van der Waals surface area contributed by atoms with Crippen LogP contribution in [0.4, 0.5) is 0 Å². The van der Waals surface area contributed by atoms with E-state index in [1.54, 1.807) is 12.1 Å². The zero-order chi connectivity index (χ0) is 11.5. The van der Waals surface area contributed by atoms with Gasteiger partial charge in [0.2, 0.25) is 0 Å². The fraction of sp³-hybridized carbons (Fsp3) is 0.500. The van der Waals surface area contributed by atoms with E-state index in [9.17, 15) is 10.2 Å². The van der Waals surface area contributed by atoms with Crippen LogP contribution < -0.4 is 5.73 Å².